The molecular formula is C23H28N4O. The van der Waals surface area contributed by atoms with Crippen molar-refractivity contribution in [2.75, 3.05) is 7.11 Å². The predicted molar refractivity (Wildman–Crippen MR) is 113 cm³/mol. The molecule has 146 valence electrons. The molecule has 0 saturated carbocycles. The van der Waals surface area contributed by atoms with E-state index in [9.17, 15) is 0 Å². The summed E-state index contributed by atoms with van der Waals surface area (Å²) in [6.45, 7) is 13.2. The Morgan fingerprint density at radius 3 is 2.32 bits per heavy atom. The van der Waals surface area contributed by atoms with Crippen LogP contribution in [0.1, 0.15) is 52.7 Å². The van der Waals surface area contributed by atoms with Crippen LogP contribution in [0, 0.1) is 0 Å². The summed E-state index contributed by atoms with van der Waals surface area (Å²) in [7, 11) is 1.71. The van der Waals surface area contributed by atoms with Crippen molar-refractivity contribution in [1.29, 1.82) is 0 Å². The van der Waals surface area contributed by atoms with Gasteiger partial charge in [0.2, 0.25) is 0 Å². The van der Waals surface area contributed by atoms with Crippen molar-refractivity contribution >= 4 is 11.2 Å². The van der Waals surface area contributed by atoms with Gasteiger partial charge in [0, 0.05) is 29.7 Å². The number of imidazole rings is 1. The van der Waals surface area contributed by atoms with Crippen LogP contribution in [0.25, 0.3) is 22.4 Å². The van der Waals surface area contributed by atoms with E-state index >= 15 is 0 Å². The molecule has 0 aliphatic carbocycles. The van der Waals surface area contributed by atoms with Crippen molar-refractivity contribution in [2.24, 2.45) is 0 Å². The summed E-state index contributed by atoms with van der Waals surface area (Å²) in [5.74, 6) is 0.810. The van der Waals surface area contributed by atoms with E-state index in [0.717, 1.165) is 33.7 Å². The van der Waals surface area contributed by atoms with Crippen molar-refractivity contribution in [3.05, 3.63) is 54.1 Å². The second-order valence-electron chi connectivity index (χ2n) is 9.42. The van der Waals surface area contributed by atoms with Gasteiger partial charge in [-0.05, 0) is 28.5 Å². The van der Waals surface area contributed by atoms with E-state index in [4.69, 9.17) is 9.72 Å². The van der Waals surface area contributed by atoms with Crippen molar-refractivity contribution in [1.82, 2.24) is 19.0 Å². The highest BCUT2D eigenvalue weighted by atomic mass is 16.5. The first-order chi connectivity index (χ1) is 13.1. The lowest BCUT2D eigenvalue weighted by Crippen LogP contribution is -2.11. The Morgan fingerprint density at radius 1 is 0.929 bits per heavy atom. The molecule has 0 N–H and O–H groups in total. The molecule has 0 amide bonds. The second kappa shape index (κ2) is 6.09. The highest BCUT2D eigenvalue weighted by molar-refractivity contribution is 5.81. The maximum absolute atomic E-state index is 5.87. The zero-order valence-corrected chi connectivity index (χ0v) is 17.7. The molecule has 0 fully saturated rings. The molecule has 4 aromatic heterocycles. The van der Waals surface area contributed by atoms with Crippen LogP contribution in [0.5, 0.6) is 5.75 Å². The summed E-state index contributed by atoms with van der Waals surface area (Å²) < 4.78 is 9.85. The molecule has 0 aliphatic rings. The third kappa shape index (κ3) is 2.95. The van der Waals surface area contributed by atoms with E-state index in [0.29, 0.717) is 0 Å². The van der Waals surface area contributed by atoms with Gasteiger partial charge in [0.15, 0.2) is 5.75 Å². The van der Waals surface area contributed by atoms with Crippen LogP contribution in [-0.4, -0.2) is 26.1 Å². The Labute approximate surface area is 166 Å². The Bertz CT molecular complexity index is 1170. The Morgan fingerprint density at radius 2 is 1.68 bits per heavy atom. The van der Waals surface area contributed by atoms with Crippen molar-refractivity contribution in [3.8, 4) is 17.0 Å². The zero-order chi connectivity index (χ0) is 20.3. The van der Waals surface area contributed by atoms with Crippen molar-refractivity contribution in [2.45, 2.75) is 52.4 Å². The van der Waals surface area contributed by atoms with E-state index in [1.165, 1.54) is 5.56 Å². The van der Waals surface area contributed by atoms with Crippen molar-refractivity contribution < 1.29 is 4.74 Å². The minimum Gasteiger partial charge on any atom is -0.494 e. The average molecular weight is 377 g/mol. The third-order valence-corrected chi connectivity index (χ3v) is 5.24. The van der Waals surface area contributed by atoms with Gasteiger partial charge in [-0.1, -0.05) is 47.6 Å². The van der Waals surface area contributed by atoms with Gasteiger partial charge in [0.05, 0.1) is 19.0 Å². The van der Waals surface area contributed by atoms with Crippen LogP contribution in [0.15, 0.2) is 43.0 Å². The van der Waals surface area contributed by atoms with E-state index < -0.39 is 0 Å². The number of hydrogen-bond acceptors (Lipinski definition) is 3. The molecule has 0 unspecified atom stereocenters. The maximum atomic E-state index is 5.87. The first kappa shape index (κ1) is 18.5. The SMILES string of the molecule is COc1c(-c2cn3cc(C(C)(C)C)ccc3n2)ccn2ncc(C(C)(C)C)c12. The third-order valence-electron chi connectivity index (χ3n) is 5.24. The summed E-state index contributed by atoms with van der Waals surface area (Å²) >= 11 is 0. The topological polar surface area (TPSA) is 43.8 Å². The summed E-state index contributed by atoms with van der Waals surface area (Å²) in [5, 5.41) is 4.52. The summed E-state index contributed by atoms with van der Waals surface area (Å²) in [6.07, 6.45) is 8.15. The lowest BCUT2D eigenvalue weighted by Gasteiger charge is -2.18. The van der Waals surface area contributed by atoms with Gasteiger partial charge in [-0.25, -0.2) is 9.50 Å². The summed E-state index contributed by atoms with van der Waals surface area (Å²) in [6, 6.07) is 6.26. The van der Waals surface area contributed by atoms with Gasteiger partial charge < -0.3 is 9.14 Å². The van der Waals surface area contributed by atoms with Gasteiger partial charge in [-0.15, -0.1) is 0 Å². The van der Waals surface area contributed by atoms with Gasteiger partial charge in [0.25, 0.3) is 0 Å². The molecular weight excluding hydrogens is 348 g/mol. The normalized spacial score (nSPS) is 12.8. The molecule has 0 saturated heterocycles. The molecule has 28 heavy (non-hydrogen) atoms. The minimum atomic E-state index is -0.0336. The number of ether oxygens (including phenoxy) is 1. The average Bonchev–Trinajstić information content (AvgIpc) is 3.22. The van der Waals surface area contributed by atoms with Crippen molar-refractivity contribution in [3.63, 3.8) is 0 Å². The molecule has 5 nitrogen and oxygen atoms in total. The van der Waals surface area contributed by atoms with Gasteiger partial charge in [0.1, 0.15) is 11.2 Å². The number of pyridine rings is 2. The van der Waals surface area contributed by atoms with Crippen LogP contribution in [-0.2, 0) is 10.8 Å². The lowest BCUT2D eigenvalue weighted by molar-refractivity contribution is 0.418. The standard InChI is InChI=1S/C23H28N4O/c1-22(2,3)15-8-9-19-25-18(14-26(19)13-15)16-10-11-27-20(21(16)28-7)17(12-24-27)23(4,5)6/h8-14H,1-7H3. The van der Waals surface area contributed by atoms with E-state index in [1.54, 1.807) is 7.11 Å². The number of nitrogens with zero attached hydrogens (tertiary/aromatic N) is 4. The van der Waals surface area contributed by atoms with Crippen LogP contribution in [0.2, 0.25) is 0 Å². The quantitative estimate of drug-likeness (QED) is 0.480. The Balaban J connectivity index is 1.94. The molecule has 4 heterocycles. The second-order valence-corrected chi connectivity index (χ2v) is 9.42. The lowest BCUT2D eigenvalue weighted by atomic mass is 9.87. The minimum absolute atomic E-state index is 0.0336. The van der Waals surface area contributed by atoms with E-state index in [2.05, 4.69) is 75.6 Å². The van der Waals surface area contributed by atoms with Crippen LogP contribution >= 0.6 is 0 Å². The fraction of sp³-hybridized carbons (Fsp3) is 0.391. The van der Waals surface area contributed by atoms with Gasteiger partial charge in [-0.2, -0.15) is 5.10 Å². The first-order valence-corrected chi connectivity index (χ1v) is 9.64. The zero-order valence-electron chi connectivity index (χ0n) is 17.7. The number of fused-ring (bicyclic) bond motifs is 2. The molecule has 4 rings (SSSR count). The van der Waals surface area contributed by atoms with Gasteiger partial charge in [-0.3, -0.25) is 0 Å². The largest absolute Gasteiger partial charge is 0.494 e. The summed E-state index contributed by atoms with van der Waals surface area (Å²) in [4.78, 5) is 4.85. The van der Waals surface area contributed by atoms with Gasteiger partial charge >= 0.3 is 0 Å². The van der Waals surface area contributed by atoms with Crippen LogP contribution < -0.4 is 4.74 Å². The smallest absolute Gasteiger partial charge is 0.154 e. The molecule has 5 heteroatoms. The molecule has 4 aromatic rings. The summed E-state index contributed by atoms with van der Waals surface area (Å²) in [5.41, 5.74) is 6.29. The monoisotopic (exact) mass is 376 g/mol. The van der Waals surface area contributed by atoms with Crippen LogP contribution in [0.4, 0.5) is 0 Å². The molecule has 0 aromatic carbocycles. The Hall–Kier alpha value is -2.82. The molecule has 0 aliphatic heterocycles. The number of aromatic nitrogens is 4. The molecule has 0 bridgehead atoms. The Kier molecular flexibility index (Phi) is 4.03. The number of rotatable bonds is 2. The number of methoxy groups -OCH3 is 1. The van der Waals surface area contributed by atoms with E-state index in [1.807, 2.05) is 23.0 Å². The fourth-order valence-electron chi connectivity index (χ4n) is 3.57. The highest BCUT2D eigenvalue weighted by Crippen LogP contribution is 2.38. The highest BCUT2D eigenvalue weighted by Gasteiger charge is 2.24. The fourth-order valence-corrected chi connectivity index (χ4v) is 3.57. The molecule has 0 spiro atoms. The maximum Gasteiger partial charge on any atom is 0.154 e. The first-order valence-electron chi connectivity index (χ1n) is 9.64. The molecule has 0 radical (unpaired) electrons. The predicted octanol–water partition coefficient (Wildman–Crippen LogP) is 5.25. The van der Waals surface area contributed by atoms with E-state index in [-0.39, 0.29) is 10.8 Å². The number of hydrogen-bond donors (Lipinski definition) is 0. The molecule has 0 atom stereocenters. The van der Waals surface area contributed by atoms with Crippen LogP contribution in [0.3, 0.4) is 0 Å².